The molecule has 0 unspecified atom stereocenters. The number of benzene rings is 1. The number of aryl methyl sites for hydroxylation is 1. The first-order valence-corrected chi connectivity index (χ1v) is 8.75. The van der Waals surface area contributed by atoms with Crippen LogP contribution in [0.3, 0.4) is 0 Å². The Morgan fingerprint density at radius 3 is 2.37 bits per heavy atom. The quantitative estimate of drug-likeness (QED) is 0.726. The van der Waals surface area contributed by atoms with Crippen LogP contribution < -0.4 is 9.80 Å². The molecule has 1 aromatic carbocycles. The fourth-order valence-corrected chi connectivity index (χ4v) is 3.25. The minimum Gasteiger partial charge on any atom is -0.466 e. The van der Waals surface area contributed by atoms with Crippen molar-refractivity contribution in [3.05, 3.63) is 35.0 Å². The van der Waals surface area contributed by atoms with Crippen LogP contribution in [0.1, 0.15) is 5.56 Å². The van der Waals surface area contributed by atoms with Gasteiger partial charge >= 0.3 is 11.9 Å². The lowest BCUT2D eigenvalue weighted by Crippen LogP contribution is -2.41. The number of ether oxygens (including phenoxy) is 4. The van der Waals surface area contributed by atoms with E-state index >= 15 is 0 Å². The molecule has 0 saturated carbocycles. The van der Waals surface area contributed by atoms with Crippen LogP contribution in [-0.2, 0) is 28.5 Å². The molecule has 2 aliphatic rings. The van der Waals surface area contributed by atoms with Gasteiger partial charge in [-0.25, -0.2) is 9.59 Å². The average molecular weight is 376 g/mol. The van der Waals surface area contributed by atoms with Crippen molar-refractivity contribution in [1.29, 1.82) is 0 Å². The van der Waals surface area contributed by atoms with E-state index in [0.29, 0.717) is 13.2 Å². The monoisotopic (exact) mass is 376 g/mol. The number of anilines is 2. The van der Waals surface area contributed by atoms with E-state index in [4.69, 9.17) is 18.9 Å². The molecule has 8 heteroatoms. The lowest BCUT2D eigenvalue weighted by molar-refractivity contribution is -0.140. The maximum Gasteiger partial charge on any atom is 0.355 e. The molecule has 0 bridgehead atoms. The van der Waals surface area contributed by atoms with Crippen molar-refractivity contribution in [2.45, 2.75) is 6.92 Å². The first-order chi connectivity index (χ1) is 13.1. The van der Waals surface area contributed by atoms with Gasteiger partial charge in [0, 0.05) is 13.1 Å². The van der Waals surface area contributed by atoms with Crippen molar-refractivity contribution in [2.24, 2.45) is 0 Å². The molecular weight excluding hydrogens is 352 g/mol. The first-order valence-electron chi connectivity index (χ1n) is 8.75. The van der Waals surface area contributed by atoms with Crippen molar-refractivity contribution in [3.63, 3.8) is 0 Å². The summed E-state index contributed by atoms with van der Waals surface area (Å²) in [5.74, 6) is -1.21. The molecule has 146 valence electrons. The van der Waals surface area contributed by atoms with Crippen LogP contribution in [0, 0.1) is 6.92 Å². The third-order valence-electron chi connectivity index (χ3n) is 4.61. The van der Waals surface area contributed by atoms with E-state index in [1.165, 1.54) is 14.2 Å². The lowest BCUT2D eigenvalue weighted by atomic mass is 10.1. The molecule has 0 spiro atoms. The fourth-order valence-electron chi connectivity index (χ4n) is 3.25. The highest BCUT2D eigenvalue weighted by atomic mass is 16.5. The molecular formula is C19H24N2O6. The van der Waals surface area contributed by atoms with Gasteiger partial charge in [0.25, 0.3) is 0 Å². The minimum absolute atomic E-state index is 0.00763. The summed E-state index contributed by atoms with van der Waals surface area (Å²) in [6.07, 6.45) is 0. The van der Waals surface area contributed by atoms with Crippen LogP contribution in [0.4, 0.5) is 11.4 Å². The Balaban J connectivity index is 2.11. The average Bonchev–Trinajstić information content (AvgIpc) is 2.72. The fraction of sp³-hybridized carbons (Fsp3) is 0.474. The first kappa shape index (κ1) is 19.2. The minimum atomic E-state index is -0.610. The second-order valence-corrected chi connectivity index (χ2v) is 6.31. The van der Waals surface area contributed by atoms with Gasteiger partial charge in [-0.15, -0.1) is 0 Å². The van der Waals surface area contributed by atoms with Crippen molar-refractivity contribution in [1.82, 2.24) is 0 Å². The number of rotatable bonds is 4. The highest BCUT2D eigenvalue weighted by molar-refractivity contribution is 6.04. The lowest BCUT2D eigenvalue weighted by Gasteiger charge is -2.36. The Morgan fingerprint density at radius 2 is 1.70 bits per heavy atom. The van der Waals surface area contributed by atoms with Gasteiger partial charge in [0.1, 0.15) is 12.4 Å². The molecule has 2 heterocycles. The summed E-state index contributed by atoms with van der Waals surface area (Å²) < 4.78 is 20.8. The summed E-state index contributed by atoms with van der Waals surface area (Å²) in [4.78, 5) is 28.6. The highest BCUT2D eigenvalue weighted by Gasteiger charge is 2.34. The van der Waals surface area contributed by atoms with Gasteiger partial charge < -0.3 is 28.7 Å². The largest absolute Gasteiger partial charge is 0.466 e. The van der Waals surface area contributed by atoms with Crippen molar-refractivity contribution >= 4 is 23.3 Å². The van der Waals surface area contributed by atoms with E-state index in [9.17, 15) is 9.59 Å². The molecule has 2 aliphatic heterocycles. The molecule has 0 radical (unpaired) electrons. The van der Waals surface area contributed by atoms with Crippen molar-refractivity contribution in [2.75, 3.05) is 63.7 Å². The second-order valence-electron chi connectivity index (χ2n) is 6.31. The molecule has 1 aromatic rings. The Kier molecular flexibility index (Phi) is 5.98. The van der Waals surface area contributed by atoms with Gasteiger partial charge in [0.15, 0.2) is 0 Å². The van der Waals surface area contributed by atoms with E-state index in [1.54, 1.807) is 4.90 Å². The SMILES string of the molecule is COC(=O)C1=C(C(=O)OC)N(c2cc(C)ccc2N2CCOCC2)COC1. The summed E-state index contributed by atoms with van der Waals surface area (Å²) >= 11 is 0. The zero-order chi connectivity index (χ0) is 19.4. The van der Waals surface area contributed by atoms with Gasteiger partial charge in [-0.2, -0.15) is 0 Å². The molecule has 0 amide bonds. The van der Waals surface area contributed by atoms with Crippen LogP contribution in [0.25, 0.3) is 0 Å². The maximum absolute atomic E-state index is 12.5. The van der Waals surface area contributed by atoms with Gasteiger partial charge in [-0.05, 0) is 24.6 Å². The normalized spacial score (nSPS) is 17.7. The van der Waals surface area contributed by atoms with Crippen LogP contribution in [0.15, 0.2) is 29.5 Å². The second kappa shape index (κ2) is 8.41. The number of hydrogen-bond donors (Lipinski definition) is 0. The summed E-state index contributed by atoms with van der Waals surface area (Å²) in [5, 5.41) is 0. The number of nitrogens with zero attached hydrogens (tertiary/aromatic N) is 2. The Hall–Kier alpha value is -2.58. The topological polar surface area (TPSA) is 77.5 Å². The third-order valence-corrected chi connectivity index (χ3v) is 4.61. The van der Waals surface area contributed by atoms with Gasteiger partial charge in [-0.3, -0.25) is 0 Å². The van der Waals surface area contributed by atoms with Gasteiger partial charge in [0.2, 0.25) is 0 Å². The maximum atomic E-state index is 12.5. The number of carbonyl (C=O) groups is 2. The number of hydrogen-bond acceptors (Lipinski definition) is 8. The summed E-state index contributed by atoms with van der Waals surface area (Å²) in [7, 11) is 2.56. The summed E-state index contributed by atoms with van der Waals surface area (Å²) in [6, 6.07) is 6.00. The van der Waals surface area contributed by atoms with Crippen LogP contribution in [0.2, 0.25) is 0 Å². The van der Waals surface area contributed by atoms with E-state index in [-0.39, 0.29) is 24.6 Å². The molecule has 1 fully saturated rings. The Bertz CT molecular complexity index is 755. The number of methoxy groups -OCH3 is 2. The third kappa shape index (κ3) is 3.91. The van der Waals surface area contributed by atoms with Crippen molar-refractivity contribution in [3.8, 4) is 0 Å². The molecule has 0 N–H and O–H groups in total. The molecule has 0 atom stereocenters. The van der Waals surface area contributed by atoms with E-state index in [0.717, 1.165) is 30.0 Å². The molecule has 27 heavy (non-hydrogen) atoms. The van der Waals surface area contributed by atoms with Crippen LogP contribution in [0.5, 0.6) is 0 Å². The Labute approximate surface area is 158 Å². The smallest absolute Gasteiger partial charge is 0.355 e. The van der Waals surface area contributed by atoms with E-state index in [1.807, 2.05) is 25.1 Å². The van der Waals surface area contributed by atoms with Crippen LogP contribution in [-0.4, -0.2) is 65.8 Å². The van der Waals surface area contributed by atoms with Crippen LogP contribution >= 0.6 is 0 Å². The van der Waals surface area contributed by atoms with E-state index in [2.05, 4.69) is 4.90 Å². The van der Waals surface area contributed by atoms with Gasteiger partial charge in [0.05, 0.1) is 51.0 Å². The summed E-state index contributed by atoms with van der Waals surface area (Å²) in [6.45, 7) is 4.85. The number of carbonyl (C=O) groups excluding carboxylic acids is 2. The molecule has 3 rings (SSSR count). The highest BCUT2D eigenvalue weighted by Crippen LogP contribution is 2.36. The zero-order valence-corrected chi connectivity index (χ0v) is 15.8. The van der Waals surface area contributed by atoms with E-state index < -0.39 is 11.9 Å². The summed E-state index contributed by atoms with van der Waals surface area (Å²) in [5.41, 5.74) is 3.04. The number of esters is 2. The Morgan fingerprint density at radius 1 is 1.00 bits per heavy atom. The van der Waals surface area contributed by atoms with Gasteiger partial charge in [-0.1, -0.05) is 6.07 Å². The number of morpholine rings is 1. The molecule has 0 aromatic heterocycles. The standard InChI is InChI=1S/C19H24N2O6/c1-13-4-5-15(20-6-8-26-9-7-20)16(10-13)21-12-27-11-14(18(22)24-2)17(21)19(23)25-3/h4-5,10H,6-9,11-12H2,1-3H3. The predicted octanol–water partition coefficient (Wildman–Crippen LogP) is 1.23. The zero-order valence-electron chi connectivity index (χ0n) is 15.8. The molecule has 0 aliphatic carbocycles. The van der Waals surface area contributed by atoms with Crippen molar-refractivity contribution < 1.29 is 28.5 Å². The predicted molar refractivity (Wildman–Crippen MR) is 98.6 cm³/mol. The molecule has 8 nitrogen and oxygen atoms in total. The molecule has 1 saturated heterocycles.